The lowest BCUT2D eigenvalue weighted by Crippen LogP contribution is -2.37. The van der Waals surface area contributed by atoms with Crippen molar-refractivity contribution in [2.75, 3.05) is 6.61 Å². The summed E-state index contributed by atoms with van der Waals surface area (Å²) < 4.78 is 5.66. The third kappa shape index (κ3) is 2.45. The predicted molar refractivity (Wildman–Crippen MR) is 68.4 cm³/mol. The van der Waals surface area contributed by atoms with Crippen molar-refractivity contribution in [3.05, 3.63) is 0 Å². The molecule has 0 bridgehead atoms. The summed E-state index contributed by atoms with van der Waals surface area (Å²) in [5.41, 5.74) is 0.803. The molecule has 0 spiro atoms. The third-order valence-electron chi connectivity index (χ3n) is 5.03. The summed E-state index contributed by atoms with van der Waals surface area (Å²) in [6, 6.07) is 0. The van der Waals surface area contributed by atoms with Crippen LogP contribution in [0.3, 0.4) is 0 Å². The van der Waals surface area contributed by atoms with Gasteiger partial charge < -0.3 is 4.74 Å². The second kappa shape index (κ2) is 4.01. The Morgan fingerprint density at radius 3 is 2.38 bits per heavy atom. The molecule has 1 saturated heterocycles. The van der Waals surface area contributed by atoms with Gasteiger partial charge >= 0.3 is 0 Å². The fourth-order valence-electron chi connectivity index (χ4n) is 3.42. The largest absolute Gasteiger partial charge is 0.370 e. The molecule has 16 heavy (non-hydrogen) atoms. The summed E-state index contributed by atoms with van der Waals surface area (Å²) >= 11 is 0. The van der Waals surface area contributed by atoms with Gasteiger partial charge in [0.2, 0.25) is 0 Å². The molecule has 2 fully saturated rings. The lowest BCUT2D eigenvalue weighted by molar-refractivity contribution is 0.0489. The van der Waals surface area contributed by atoms with Crippen LogP contribution in [0.15, 0.2) is 0 Å². The summed E-state index contributed by atoms with van der Waals surface area (Å²) in [6.45, 7) is 13.0. The van der Waals surface area contributed by atoms with Crippen LogP contribution in [0.4, 0.5) is 0 Å². The van der Waals surface area contributed by atoms with E-state index >= 15 is 0 Å². The van der Waals surface area contributed by atoms with Crippen LogP contribution in [-0.4, -0.2) is 12.2 Å². The SMILES string of the molecule is CC(C)CC1CC(C2(C)CO2)CCC1(C)C. The summed E-state index contributed by atoms with van der Waals surface area (Å²) in [5, 5.41) is 0. The zero-order valence-electron chi connectivity index (χ0n) is 11.7. The Morgan fingerprint density at radius 1 is 1.25 bits per heavy atom. The maximum Gasteiger partial charge on any atom is 0.0916 e. The standard InChI is InChI=1S/C15H28O/c1-11(2)8-13-9-12(15(5)10-16-15)6-7-14(13,3)4/h11-13H,6-10H2,1-5H3. The van der Waals surface area contributed by atoms with Crippen molar-refractivity contribution < 1.29 is 4.74 Å². The van der Waals surface area contributed by atoms with E-state index in [1.54, 1.807) is 0 Å². The van der Waals surface area contributed by atoms with Crippen LogP contribution in [0.1, 0.15) is 60.3 Å². The van der Waals surface area contributed by atoms with Crippen LogP contribution >= 0.6 is 0 Å². The molecule has 3 atom stereocenters. The Bertz CT molecular complexity index is 250. The summed E-state index contributed by atoms with van der Waals surface area (Å²) in [4.78, 5) is 0. The molecule has 1 aliphatic carbocycles. The van der Waals surface area contributed by atoms with E-state index in [1.807, 2.05) is 0 Å². The molecule has 2 rings (SSSR count). The van der Waals surface area contributed by atoms with Gasteiger partial charge in [-0.3, -0.25) is 0 Å². The van der Waals surface area contributed by atoms with E-state index in [-0.39, 0.29) is 5.60 Å². The van der Waals surface area contributed by atoms with Gasteiger partial charge in [-0.2, -0.15) is 0 Å². The van der Waals surface area contributed by atoms with Crippen molar-refractivity contribution in [3.63, 3.8) is 0 Å². The molecule has 1 nitrogen and oxygen atoms in total. The van der Waals surface area contributed by atoms with Gasteiger partial charge in [0, 0.05) is 0 Å². The maximum absolute atomic E-state index is 5.66. The minimum atomic E-state index is 0.256. The molecule has 3 unspecified atom stereocenters. The molecular formula is C15H28O. The molecule has 0 N–H and O–H groups in total. The van der Waals surface area contributed by atoms with Crippen molar-refractivity contribution in [3.8, 4) is 0 Å². The Morgan fingerprint density at radius 2 is 1.88 bits per heavy atom. The molecule has 2 aliphatic rings. The molecule has 0 aromatic heterocycles. The van der Waals surface area contributed by atoms with E-state index in [1.165, 1.54) is 25.7 Å². The fourth-order valence-corrected chi connectivity index (χ4v) is 3.42. The van der Waals surface area contributed by atoms with Crippen molar-refractivity contribution in [2.24, 2.45) is 23.2 Å². The number of rotatable bonds is 3. The van der Waals surface area contributed by atoms with Crippen molar-refractivity contribution in [1.82, 2.24) is 0 Å². The summed E-state index contributed by atoms with van der Waals surface area (Å²) in [6.07, 6.45) is 5.54. The Balaban J connectivity index is 2.01. The summed E-state index contributed by atoms with van der Waals surface area (Å²) in [5.74, 6) is 2.55. The molecule has 1 heteroatoms. The van der Waals surface area contributed by atoms with Crippen LogP contribution in [0, 0.1) is 23.2 Å². The first-order valence-electron chi connectivity index (χ1n) is 6.97. The van der Waals surface area contributed by atoms with E-state index in [0.29, 0.717) is 5.41 Å². The molecule has 1 saturated carbocycles. The molecule has 0 aromatic carbocycles. The van der Waals surface area contributed by atoms with Gasteiger partial charge in [-0.1, -0.05) is 27.7 Å². The highest BCUT2D eigenvalue weighted by Gasteiger charge is 2.50. The highest BCUT2D eigenvalue weighted by atomic mass is 16.6. The lowest BCUT2D eigenvalue weighted by atomic mass is 9.61. The van der Waals surface area contributed by atoms with Gasteiger partial charge in [-0.15, -0.1) is 0 Å². The molecule has 0 aromatic rings. The zero-order valence-corrected chi connectivity index (χ0v) is 11.7. The highest BCUT2D eigenvalue weighted by molar-refractivity contribution is 4.99. The topological polar surface area (TPSA) is 12.5 Å². The van der Waals surface area contributed by atoms with E-state index in [2.05, 4.69) is 34.6 Å². The van der Waals surface area contributed by atoms with E-state index in [4.69, 9.17) is 4.74 Å². The quantitative estimate of drug-likeness (QED) is 0.652. The van der Waals surface area contributed by atoms with Gasteiger partial charge in [0.25, 0.3) is 0 Å². The molecular weight excluding hydrogens is 196 g/mol. The molecule has 94 valence electrons. The predicted octanol–water partition coefficient (Wildman–Crippen LogP) is 4.26. The van der Waals surface area contributed by atoms with Gasteiger partial charge in [-0.25, -0.2) is 0 Å². The lowest BCUT2D eigenvalue weighted by Gasteiger charge is -2.44. The highest BCUT2D eigenvalue weighted by Crippen LogP contribution is 2.52. The summed E-state index contributed by atoms with van der Waals surface area (Å²) in [7, 11) is 0. The molecule has 1 heterocycles. The van der Waals surface area contributed by atoms with E-state index < -0.39 is 0 Å². The van der Waals surface area contributed by atoms with E-state index in [0.717, 1.165) is 24.4 Å². The smallest absolute Gasteiger partial charge is 0.0916 e. The molecule has 0 radical (unpaired) electrons. The first-order valence-corrected chi connectivity index (χ1v) is 6.97. The van der Waals surface area contributed by atoms with Crippen LogP contribution in [0.2, 0.25) is 0 Å². The minimum absolute atomic E-state index is 0.256. The Hall–Kier alpha value is -0.0400. The van der Waals surface area contributed by atoms with Crippen LogP contribution in [0.25, 0.3) is 0 Å². The second-order valence-electron chi connectivity index (χ2n) is 7.39. The number of hydrogen-bond donors (Lipinski definition) is 0. The number of ether oxygens (including phenoxy) is 1. The first-order chi connectivity index (χ1) is 7.33. The Kier molecular flexibility index (Phi) is 3.11. The second-order valence-corrected chi connectivity index (χ2v) is 7.39. The third-order valence-corrected chi connectivity index (χ3v) is 5.03. The first kappa shape index (κ1) is 12.4. The number of epoxide rings is 1. The van der Waals surface area contributed by atoms with Gasteiger partial charge in [-0.05, 0) is 55.8 Å². The monoisotopic (exact) mass is 224 g/mol. The number of hydrogen-bond acceptors (Lipinski definition) is 1. The molecule has 1 aliphatic heterocycles. The Labute approximate surface area is 101 Å². The average molecular weight is 224 g/mol. The van der Waals surface area contributed by atoms with Gasteiger partial charge in [0.1, 0.15) is 0 Å². The van der Waals surface area contributed by atoms with Crippen LogP contribution < -0.4 is 0 Å². The average Bonchev–Trinajstić information content (AvgIpc) is 2.88. The van der Waals surface area contributed by atoms with Gasteiger partial charge in [0.15, 0.2) is 0 Å². The normalized spacial score (nSPS) is 42.4. The zero-order chi connectivity index (χ0) is 12.0. The van der Waals surface area contributed by atoms with Crippen molar-refractivity contribution >= 4 is 0 Å². The van der Waals surface area contributed by atoms with Gasteiger partial charge in [0.05, 0.1) is 12.2 Å². The molecule has 0 amide bonds. The maximum atomic E-state index is 5.66. The van der Waals surface area contributed by atoms with Crippen LogP contribution in [-0.2, 0) is 4.74 Å². The van der Waals surface area contributed by atoms with Crippen LogP contribution in [0.5, 0.6) is 0 Å². The van der Waals surface area contributed by atoms with E-state index in [9.17, 15) is 0 Å². The van der Waals surface area contributed by atoms with Crippen molar-refractivity contribution in [2.45, 2.75) is 65.9 Å². The minimum Gasteiger partial charge on any atom is -0.370 e. The van der Waals surface area contributed by atoms with Crippen molar-refractivity contribution in [1.29, 1.82) is 0 Å². The fraction of sp³-hybridized carbons (Fsp3) is 1.00.